The molecule has 0 N–H and O–H groups in total. The number of benzene rings is 1. The van der Waals surface area contributed by atoms with Gasteiger partial charge in [0.05, 0.1) is 0 Å². The number of rotatable bonds is 2. The average molecular weight is 411 g/mol. The summed E-state index contributed by atoms with van der Waals surface area (Å²) in [5, 5.41) is 4.02. The van der Waals surface area contributed by atoms with Gasteiger partial charge < -0.3 is 0 Å². The predicted octanol–water partition coefficient (Wildman–Crippen LogP) is 2.16. The van der Waals surface area contributed by atoms with Gasteiger partial charge in [0.15, 0.2) is 0 Å². The van der Waals surface area contributed by atoms with Crippen molar-refractivity contribution < 1.29 is 26.3 Å². The first kappa shape index (κ1) is 16.5. The molecule has 0 amide bonds. The molecule has 0 bridgehead atoms. The number of sulfone groups is 1. The van der Waals surface area contributed by atoms with Crippen molar-refractivity contribution >= 4 is 24.6 Å². The molecule has 3 rings (SSSR count). The summed E-state index contributed by atoms with van der Waals surface area (Å²) < 4.78 is 70.5. The number of hydrogen-bond acceptors (Lipinski definition) is 5. The second-order valence-electron chi connectivity index (χ2n) is 5.53. The minimum absolute atomic E-state index is 0.0717. The molecule has 1 aromatic heterocycles. The summed E-state index contributed by atoms with van der Waals surface area (Å²) in [5.74, 6) is -0.148. The molecule has 0 fully saturated rings. The fourth-order valence-corrected chi connectivity index (χ4v) is 6.22. The Hall–Kier alpha value is -1.38. The zero-order valence-corrected chi connectivity index (χ0v) is 14.5. The summed E-state index contributed by atoms with van der Waals surface area (Å²) in [7, 11) is -3.77. The zero-order chi connectivity index (χ0) is 17.0. The van der Waals surface area contributed by atoms with Gasteiger partial charge in [0.1, 0.15) is 0 Å². The third-order valence-corrected chi connectivity index (χ3v) is 8.57. The van der Waals surface area contributed by atoms with E-state index in [0.29, 0.717) is 15.7 Å². The van der Waals surface area contributed by atoms with Crippen molar-refractivity contribution in [2.24, 2.45) is 0 Å². The Bertz CT molecular complexity index is 875. The quantitative estimate of drug-likeness (QED) is 0.709. The van der Waals surface area contributed by atoms with E-state index in [1.165, 1.54) is 12.1 Å². The number of nitrogens with zero attached hydrogens (tertiary/aromatic N) is 2. The molecule has 0 saturated heterocycles. The SMILES string of the molecule is CC1(C)c2[se]nnc2-c2ccc(OCC(F)(F)F)cc2S1(=O)=O. The van der Waals surface area contributed by atoms with Crippen LogP contribution in [0.5, 0.6) is 5.75 Å². The molecule has 0 unspecified atom stereocenters. The second kappa shape index (κ2) is 5.06. The summed E-state index contributed by atoms with van der Waals surface area (Å²) in [4.78, 5) is -0.0717. The number of halogens is 3. The Labute approximate surface area is 136 Å². The topological polar surface area (TPSA) is 69.2 Å². The molecule has 23 heavy (non-hydrogen) atoms. The average Bonchev–Trinajstić information content (AvgIpc) is 2.93. The first-order valence-electron chi connectivity index (χ1n) is 6.45. The van der Waals surface area contributed by atoms with E-state index >= 15 is 0 Å². The molecule has 2 heterocycles. The standard InChI is InChI=1S/C13H11F3N2O3SSe/c1-12(2)11-10(17-18-23-11)8-4-3-7(21-6-13(14,15)16)5-9(8)22(12,19)20/h3-5H,6H2,1-2H3. The van der Waals surface area contributed by atoms with E-state index in [2.05, 4.69) is 13.9 Å². The van der Waals surface area contributed by atoms with E-state index in [1.807, 2.05) is 0 Å². The summed E-state index contributed by atoms with van der Waals surface area (Å²) >= 11 is -0.394. The second-order valence-corrected chi connectivity index (χ2v) is 9.58. The van der Waals surface area contributed by atoms with Crippen LogP contribution in [0, 0.1) is 0 Å². The molecule has 0 aliphatic carbocycles. The Morgan fingerprint density at radius 1 is 1.30 bits per heavy atom. The van der Waals surface area contributed by atoms with Crippen molar-refractivity contribution in [1.29, 1.82) is 0 Å². The van der Waals surface area contributed by atoms with Gasteiger partial charge >= 0.3 is 136 Å². The van der Waals surface area contributed by atoms with Crippen LogP contribution >= 0.6 is 0 Å². The van der Waals surface area contributed by atoms with Gasteiger partial charge in [-0.2, -0.15) is 0 Å². The van der Waals surface area contributed by atoms with Crippen molar-refractivity contribution in [1.82, 2.24) is 9.19 Å². The van der Waals surface area contributed by atoms with Crippen molar-refractivity contribution in [2.75, 3.05) is 6.61 Å². The van der Waals surface area contributed by atoms with Gasteiger partial charge in [0.2, 0.25) is 0 Å². The van der Waals surface area contributed by atoms with Gasteiger partial charge in [0.25, 0.3) is 0 Å². The molecule has 1 aliphatic rings. The Morgan fingerprint density at radius 2 is 2.00 bits per heavy atom. The maximum atomic E-state index is 12.8. The van der Waals surface area contributed by atoms with E-state index in [1.54, 1.807) is 13.8 Å². The van der Waals surface area contributed by atoms with Gasteiger partial charge in [-0.1, -0.05) is 0 Å². The van der Waals surface area contributed by atoms with Gasteiger partial charge in [-0.25, -0.2) is 0 Å². The van der Waals surface area contributed by atoms with Crippen molar-refractivity contribution in [3.63, 3.8) is 0 Å². The van der Waals surface area contributed by atoms with Crippen LogP contribution < -0.4 is 4.74 Å². The molecular formula is C13H11F3N2O3SSe. The Balaban J connectivity index is 2.13. The molecule has 0 saturated carbocycles. The number of aromatic nitrogens is 2. The van der Waals surface area contributed by atoms with Crippen LogP contribution in [0.2, 0.25) is 0 Å². The summed E-state index contributed by atoms with van der Waals surface area (Å²) in [6, 6.07) is 3.86. The summed E-state index contributed by atoms with van der Waals surface area (Å²) in [6.45, 7) is 1.63. The van der Waals surface area contributed by atoms with Crippen LogP contribution in [-0.2, 0) is 14.6 Å². The third-order valence-electron chi connectivity index (χ3n) is 3.61. The van der Waals surface area contributed by atoms with Gasteiger partial charge in [0, 0.05) is 0 Å². The maximum absolute atomic E-state index is 12.8. The number of hydrogen-bond donors (Lipinski definition) is 0. The third kappa shape index (κ3) is 2.58. The summed E-state index contributed by atoms with van der Waals surface area (Å²) in [6.07, 6.45) is -4.49. The number of alkyl halides is 3. The fourth-order valence-electron chi connectivity index (χ4n) is 2.33. The van der Waals surface area contributed by atoms with E-state index in [4.69, 9.17) is 0 Å². The molecule has 0 atom stereocenters. The minimum atomic E-state index is -4.49. The molecule has 1 aromatic carbocycles. The first-order chi connectivity index (χ1) is 10.5. The van der Waals surface area contributed by atoms with Crippen LogP contribution in [0.4, 0.5) is 13.2 Å². The van der Waals surface area contributed by atoms with Crippen LogP contribution in [0.3, 0.4) is 0 Å². The van der Waals surface area contributed by atoms with Gasteiger partial charge in [-0.3, -0.25) is 0 Å². The number of ether oxygens (including phenoxy) is 1. The molecule has 1 aliphatic heterocycles. The van der Waals surface area contributed by atoms with E-state index in [0.717, 1.165) is 6.07 Å². The van der Waals surface area contributed by atoms with Gasteiger partial charge in [-0.15, -0.1) is 0 Å². The van der Waals surface area contributed by atoms with Crippen LogP contribution in [0.25, 0.3) is 11.3 Å². The van der Waals surface area contributed by atoms with Crippen LogP contribution in [-0.4, -0.2) is 45.1 Å². The first-order valence-corrected chi connectivity index (χ1v) is 9.56. The van der Waals surface area contributed by atoms with Crippen molar-refractivity contribution in [2.45, 2.75) is 29.7 Å². The summed E-state index contributed by atoms with van der Waals surface area (Å²) in [5.41, 5.74) is 0.865. The Kier molecular flexibility index (Phi) is 3.62. The monoisotopic (exact) mass is 412 g/mol. The van der Waals surface area contributed by atoms with Crippen LogP contribution in [0.15, 0.2) is 23.1 Å². The van der Waals surface area contributed by atoms with E-state index in [-0.39, 0.29) is 10.6 Å². The molecular weight excluding hydrogens is 400 g/mol. The molecule has 10 heteroatoms. The molecule has 124 valence electrons. The van der Waals surface area contributed by atoms with Crippen LogP contribution in [0.1, 0.15) is 18.3 Å². The number of fused-ring (bicyclic) bond motifs is 3. The fraction of sp³-hybridized carbons (Fsp3) is 0.385. The van der Waals surface area contributed by atoms with Gasteiger partial charge in [-0.05, 0) is 0 Å². The van der Waals surface area contributed by atoms with E-state index in [9.17, 15) is 21.6 Å². The molecule has 5 nitrogen and oxygen atoms in total. The zero-order valence-electron chi connectivity index (χ0n) is 12.0. The predicted molar refractivity (Wildman–Crippen MR) is 76.2 cm³/mol. The molecule has 0 spiro atoms. The van der Waals surface area contributed by atoms with Crippen molar-refractivity contribution in [3.05, 3.63) is 22.6 Å². The normalized spacial score (nSPS) is 18.1. The van der Waals surface area contributed by atoms with Crippen molar-refractivity contribution in [3.8, 4) is 17.0 Å². The van der Waals surface area contributed by atoms with E-state index < -0.39 is 42.1 Å². The molecule has 0 radical (unpaired) electrons. The molecule has 2 aromatic rings. The Morgan fingerprint density at radius 3 is 2.65 bits per heavy atom.